The van der Waals surface area contributed by atoms with Gasteiger partial charge in [-0.05, 0) is 50.6 Å². The van der Waals surface area contributed by atoms with Gasteiger partial charge in [0.25, 0.3) is 0 Å². The molecule has 0 bridgehead atoms. The van der Waals surface area contributed by atoms with Gasteiger partial charge in [-0.2, -0.15) is 0 Å². The fourth-order valence-corrected chi connectivity index (χ4v) is 2.42. The van der Waals surface area contributed by atoms with E-state index in [9.17, 15) is 0 Å². The van der Waals surface area contributed by atoms with Crippen molar-refractivity contribution in [2.45, 2.75) is 39.5 Å². The van der Waals surface area contributed by atoms with Gasteiger partial charge < -0.3 is 14.8 Å². The van der Waals surface area contributed by atoms with Gasteiger partial charge in [0.1, 0.15) is 12.4 Å². The first-order valence-electron chi connectivity index (χ1n) is 8.42. The summed E-state index contributed by atoms with van der Waals surface area (Å²) in [5, 5.41) is 4.16. The van der Waals surface area contributed by atoms with Crippen LogP contribution in [0.2, 0.25) is 5.02 Å². The van der Waals surface area contributed by atoms with E-state index in [2.05, 4.69) is 31.3 Å². The second-order valence-electron chi connectivity index (χ2n) is 5.97. The zero-order valence-electron chi connectivity index (χ0n) is 14.4. The zero-order valence-corrected chi connectivity index (χ0v) is 15.2. The molecular formula is C20H26ClNO2. The minimum absolute atomic E-state index is 0.309. The van der Waals surface area contributed by atoms with Gasteiger partial charge in [0.15, 0.2) is 0 Å². The lowest BCUT2D eigenvalue weighted by atomic mass is 10.2. The van der Waals surface area contributed by atoms with Crippen LogP contribution in [0.3, 0.4) is 0 Å². The Morgan fingerprint density at radius 1 is 1.04 bits per heavy atom. The van der Waals surface area contributed by atoms with Crippen LogP contribution in [0, 0.1) is 0 Å². The highest BCUT2D eigenvalue weighted by molar-refractivity contribution is 6.31. The van der Waals surface area contributed by atoms with E-state index in [4.69, 9.17) is 21.1 Å². The van der Waals surface area contributed by atoms with Gasteiger partial charge in [-0.25, -0.2) is 0 Å². The van der Waals surface area contributed by atoms with Crippen LogP contribution in [0.1, 0.15) is 31.4 Å². The Bertz CT molecular complexity index is 599. The molecule has 2 rings (SSSR count). The Labute approximate surface area is 149 Å². The topological polar surface area (TPSA) is 30.5 Å². The lowest BCUT2D eigenvalue weighted by Gasteiger charge is -2.10. The third-order valence-electron chi connectivity index (χ3n) is 3.55. The van der Waals surface area contributed by atoms with Crippen molar-refractivity contribution >= 4 is 11.6 Å². The summed E-state index contributed by atoms with van der Waals surface area (Å²) in [6.07, 6.45) is 1.33. The van der Waals surface area contributed by atoms with E-state index in [-0.39, 0.29) is 0 Å². The molecule has 2 aromatic carbocycles. The molecule has 4 heteroatoms. The van der Waals surface area contributed by atoms with Crippen LogP contribution < -0.4 is 10.1 Å². The largest absolute Gasteiger partial charge is 0.489 e. The van der Waals surface area contributed by atoms with Crippen molar-refractivity contribution in [1.29, 1.82) is 0 Å². The zero-order chi connectivity index (χ0) is 17.2. The number of hydrogen-bond acceptors (Lipinski definition) is 3. The lowest BCUT2D eigenvalue weighted by Crippen LogP contribution is -2.17. The Morgan fingerprint density at radius 2 is 1.79 bits per heavy atom. The van der Waals surface area contributed by atoms with E-state index in [1.54, 1.807) is 0 Å². The van der Waals surface area contributed by atoms with Gasteiger partial charge in [-0.15, -0.1) is 0 Å². The van der Waals surface area contributed by atoms with Crippen LogP contribution in [0.5, 0.6) is 5.75 Å². The highest BCUT2D eigenvalue weighted by Gasteiger charge is 2.01. The van der Waals surface area contributed by atoms with Crippen LogP contribution in [0.4, 0.5) is 0 Å². The lowest BCUT2D eigenvalue weighted by molar-refractivity contribution is 0.0770. The standard InChI is InChI=1S/C20H26ClNO2/c1-16(2)23-13-5-12-22-14-17-8-10-19(11-9-17)24-15-18-6-3-4-7-20(18)21/h3-4,6-11,16,22H,5,12-15H2,1-2H3. The predicted molar refractivity (Wildman–Crippen MR) is 99.6 cm³/mol. The fourth-order valence-electron chi connectivity index (χ4n) is 2.23. The average Bonchev–Trinajstić information content (AvgIpc) is 2.58. The highest BCUT2D eigenvalue weighted by atomic mass is 35.5. The van der Waals surface area contributed by atoms with Crippen molar-refractivity contribution in [3.05, 3.63) is 64.7 Å². The third-order valence-corrected chi connectivity index (χ3v) is 3.92. The number of rotatable bonds is 10. The van der Waals surface area contributed by atoms with E-state index < -0.39 is 0 Å². The minimum atomic E-state index is 0.309. The molecule has 0 radical (unpaired) electrons. The Morgan fingerprint density at radius 3 is 2.50 bits per heavy atom. The Hall–Kier alpha value is -1.55. The fraction of sp³-hybridized carbons (Fsp3) is 0.400. The van der Waals surface area contributed by atoms with E-state index in [1.165, 1.54) is 5.56 Å². The van der Waals surface area contributed by atoms with Crippen LogP contribution in [-0.2, 0) is 17.9 Å². The summed E-state index contributed by atoms with van der Waals surface area (Å²) >= 11 is 6.13. The second-order valence-corrected chi connectivity index (χ2v) is 6.38. The molecule has 3 nitrogen and oxygen atoms in total. The van der Waals surface area contributed by atoms with Crippen LogP contribution in [0.25, 0.3) is 0 Å². The first kappa shape index (κ1) is 18.8. The average molecular weight is 348 g/mol. The molecule has 0 saturated heterocycles. The molecule has 0 aliphatic carbocycles. The number of nitrogens with one attached hydrogen (secondary N) is 1. The molecule has 0 aromatic heterocycles. The van der Waals surface area contributed by atoms with Gasteiger partial charge >= 0.3 is 0 Å². The van der Waals surface area contributed by atoms with Crippen molar-refractivity contribution < 1.29 is 9.47 Å². The monoisotopic (exact) mass is 347 g/mol. The molecule has 130 valence electrons. The molecule has 2 aromatic rings. The molecule has 0 heterocycles. The summed E-state index contributed by atoms with van der Waals surface area (Å²) < 4.78 is 11.3. The SMILES string of the molecule is CC(C)OCCCNCc1ccc(OCc2ccccc2Cl)cc1. The van der Waals surface area contributed by atoms with Crippen molar-refractivity contribution in [3.63, 3.8) is 0 Å². The van der Waals surface area contributed by atoms with Crippen LogP contribution in [-0.4, -0.2) is 19.3 Å². The van der Waals surface area contributed by atoms with Crippen LogP contribution >= 0.6 is 11.6 Å². The van der Waals surface area contributed by atoms with Crippen molar-refractivity contribution in [1.82, 2.24) is 5.32 Å². The summed E-state index contributed by atoms with van der Waals surface area (Å²) in [5.74, 6) is 0.851. The van der Waals surface area contributed by atoms with Crippen molar-refractivity contribution in [2.24, 2.45) is 0 Å². The molecule has 0 amide bonds. The first-order chi connectivity index (χ1) is 11.6. The Balaban J connectivity index is 1.68. The molecule has 24 heavy (non-hydrogen) atoms. The molecule has 0 spiro atoms. The maximum atomic E-state index is 6.13. The summed E-state index contributed by atoms with van der Waals surface area (Å²) in [5.41, 5.74) is 2.23. The summed E-state index contributed by atoms with van der Waals surface area (Å²) in [6.45, 7) is 7.21. The van der Waals surface area contributed by atoms with E-state index in [1.807, 2.05) is 36.4 Å². The quantitative estimate of drug-likeness (QED) is 0.625. The maximum Gasteiger partial charge on any atom is 0.119 e. The smallest absolute Gasteiger partial charge is 0.119 e. The Kier molecular flexibility index (Phi) is 8.10. The molecule has 0 unspecified atom stereocenters. The predicted octanol–water partition coefficient (Wildman–Crippen LogP) is 4.82. The second kappa shape index (κ2) is 10.3. The number of ether oxygens (including phenoxy) is 2. The number of halogens is 1. The van der Waals surface area contributed by atoms with Crippen molar-refractivity contribution in [3.8, 4) is 5.75 Å². The highest BCUT2D eigenvalue weighted by Crippen LogP contribution is 2.18. The molecular weight excluding hydrogens is 322 g/mol. The van der Waals surface area contributed by atoms with Gasteiger partial charge in [-0.1, -0.05) is 41.9 Å². The minimum Gasteiger partial charge on any atom is -0.489 e. The van der Waals surface area contributed by atoms with Gasteiger partial charge in [0.05, 0.1) is 6.10 Å². The summed E-state index contributed by atoms with van der Waals surface area (Å²) in [7, 11) is 0. The van der Waals surface area contributed by atoms with E-state index in [0.717, 1.165) is 42.5 Å². The molecule has 0 saturated carbocycles. The summed E-state index contributed by atoms with van der Waals surface area (Å²) in [6, 6.07) is 15.9. The van der Waals surface area contributed by atoms with Gasteiger partial charge in [0, 0.05) is 23.7 Å². The summed E-state index contributed by atoms with van der Waals surface area (Å²) in [4.78, 5) is 0. The number of hydrogen-bond donors (Lipinski definition) is 1. The van der Waals surface area contributed by atoms with Crippen molar-refractivity contribution in [2.75, 3.05) is 13.2 Å². The molecule has 0 aliphatic heterocycles. The van der Waals surface area contributed by atoms with Gasteiger partial charge in [0.2, 0.25) is 0 Å². The van der Waals surface area contributed by atoms with E-state index >= 15 is 0 Å². The maximum absolute atomic E-state index is 6.13. The molecule has 0 fully saturated rings. The normalized spacial score (nSPS) is 11.0. The molecule has 0 aliphatic rings. The van der Waals surface area contributed by atoms with Crippen LogP contribution in [0.15, 0.2) is 48.5 Å². The third kappa shape index (κ3) is 6.91. The van der Waals surface area contributed by atoms with E-state index in [0.29, 0.717) is 12.7 Å². The molecule has 1 N–H and O–H groups in total. The first-order valence-corrected chi connectivity index (χ1v) is 8.80. The molecule has 0 atom stereocenters. The number of benzene rings is 2. The van der Waals surface area contributed by atoms with Gasteiger partial charge in [-0.3, -0.25) is 0 Å².